The molecule has 0 fully saturated rings. The van der Waals surface area contributed by atoms with Crippen molar-refractivity contribution in [2.24, 2.45) is 0 Å². The van der Waals surface area contributed by atoms with Crippen molar-refractivity contribution in [3.63, 3.8) is 0 Å². The number of nitrogens with one attached hydrogen (secondary N) is 2. The van der Waals surface area contributed by atoms with Gasteiger partial charge >= 0.3 is 0 Å². The van der Waals surface area contributed by atoms with E-state index < -0.39 is 6.10 Å². The van der Waals surface area contributed by atoms with E-state index in [2.05, 4.69) is 24.5 Å². The normalized spacial score (nSPS) is 13.3. The van der Waals surface area contributed by atoms with Gasteiger partial charge in [0.15, 0.2) is 6.10 Å². The summed E-state index contributed by atoms with van der Waals surface area (Å²) in [4.78, 5) is 24.8. The van der Waals surface area contributed by atoms with Crippen LogP contribution in [0.5, 0.6) is 5.75 Å². The molecule has 2 N–H and O–H groups in total. The second-order valence-electron chi connectivity index (χ2n) is 8.38. The molecular weight excluding hydrogens is 364 g/mol. The van der Waals surface area contributed by atoms with E-state index in [4.69, 9.17) is 4.74 Å². The number of carbonyl (C=O) groups is 2. The Morgan fingerprint density at radius 2 is 1.62 bits per heavy atom. The molecule has 0 saturated carbocycles. The molecule has 0 bridgehead atoms. The molecule has 0 spiro atoms. The van der Waals surface area contributed by atoms with Crippen molar-refractivity contribution in [2.45, 2.75) is 65.5 Å². The summed E-state index contributed by atoms with van der Waals surface area (Å²) in [6.07, 6.45) is 0.347. The molecule has 5 heteroatoms. The second kappa shape index (κ2) is 9.59. The molecule has 0 aromatic heterocycles. The van der Waals surface area contributed by atoms with E-state index in [0.717, 1.165) is 17.7 Å². The van der Waals surface area contributed by atoms with Crippen molar-refractivity contribution < 1.29 is 14.3 Å². The number of benzene rings is 2. The van der Waals surface area contributed by atoms with Crippen LogP contribution in [0.4, 0.5) is 5.69 Å². The molecule has 0 aliphatic heterocycles. The van der Waals surface area contributed by atoms with Crippen LogP contribution in [0.25, 0.3) is 0 Å². The summed E-state index contributed by atoms with van der Waals surface area (Å²) in [7, 11) is 0. The van der Waals surface area contributed by atoms with Gasteiger partial charge in [0.2, 0.25) is 0 Å². The minimum Gasteiger partial charge on any atom is -0.481 e. The molecule has 5 nitrogen and oxygen atoms in total. The summed E-state index contributed by atoms with van der Waals surface area (Å²) in [5.41, 5.74) is 1.96. The fourth-order valence-corrected chi connectivity index (χ4v) is 2.82. The molecule has 2 aromatic rings. The lowest BCUT2D eigenvalue weighted by Crippen LogP contribution is -2.40. The third-order valence-electron chi connectivity index (χ3n) is 4.64. The maximum atomic E-state index is 12.6. The van der Waals surface area contributed by atoms with Crippen molar-refractivity contribution in [1.82, 2.24) is 5.32 Å². The number of ether oxygens (including phenoxy) is 1. The lowest BCUT2D eigenvalue weighted by molar-refractivity contribution is -0.122. The molecule has 0 radical (unpaired) electrons. The molecule has 156 valence electrons. The van der Waals surface area contributed by atoms with Gasteiger partial charge in [-0.15, -0.1) is 0 Å². The van der Waals surface area contributed by atoms with Gasteiger partial charge in [-0.3, -0.25) is 9.59 Å². The number of para-hydroxylation sites is 1. The third kappa shape index (κ3) is 6.63. The van der Waals surface area contributed by atoms with Crippen LogP contribution >= 0.6 is 0 Å². The van der Waals surface area contributed by atoms with Crippen LogP contribution in [0.15, 0.2) is 48.5 Å². The van der Waals surface area contributed by atoms with Crippen molar-refractivity contribution in [1.29, 1.82) is 0 Å². The summed E-state index contributed by atoms with van der Waals surface area (Å²) < 4.78 is 5.94. The average molecular weight is 397 g/mol. The summed E-state index contributed by atoms with van der Waals surface area (Å²) in [6, 6.07) is 14.7. The Labute approximate surface area is 173 Å². The van der Waals surface area contributed by atoms with E-state index in [1.165, 1.54) is 0 Å². The molecule has 2 aromatic carbocycles. The van der Waals surface area contributed by atoms with E-state index in [9.17, 15) is 9.59 Å². The number of amides is 2. The van der Waals surface area contributed by atoms with Gasteiger partial charge < -0.3 is 15.4 Å². The number of hydrogen-bond donors (Lipinski definition) is 2. The quantitative estimate of drug-likeness (QED) is 0.681. The highest BCUT2D eigenvalue weighted by molar-refractivity contribution is 5.97. The van der Waals surface area contributed by atoms with Crippen LogP contribution in [-0.2, 0) is 4.79 Å². The summed E-state index contributed by atoms with van der Waals surface area (Å²) in [5, 5.41) is 5.76. The molecule has 29 heavy (non-hydrogen) atoms. The van der Waals surface area contributed by atoms with Crippen LogP contribution in [0.3, 0.4) is 0 Å². The lowest BCUT2D eigenvalue weighted by Gasteiger charge is -2.21. The van der Waals surface area contributed by atoms with Crippen molar-refractivity contribution in [3.8, 4) is 5.75 Å². The van der Waals surface area contributed by atoms with Crippen molar-refractivity contribution in [2.75, 3.05) is 5.32 Å². The number of anilines is 1. The highest BCUT2D eigenvalue weighted by atomic mass is 16.5. The summed E-state index contributed by atoms with van der Waals surface area (Å²) in [6.45, 7) is 11.8. The topological polar surface area (TPSA) is 67.4 Å². The third-order valence-corrected chi connectivity index (χ3v) is 4.64. The van der Waals surface area contributed by atoms with Gasteiger partial charge in [0.1, 0.15) is 5.75 Å². The van der Waals surface area contributed by atoms with Crippen molar-refractivity contribution >= 4 is 17.5 Å². The molecule has 0 aliphatic carbocycles. The first kappa shape index (κ1) is 22.5. The van der Waals surface area contributed by atoms with E-state index in [1.54, 1.807) is 31.2 Å². The highest BCUT2D eigenvalue weighted by Crippen LogP contribution is 2.29. The fraction of sp³-hybridized carbons (Fsp3) is 0.417. The molecule has 2 rings (SSSR count). The van der Waals surface area contributed by atoms with E-state index in [-0.39, 0.29) is 17.4 Å². The van der Waals surface area contributed by atoms with E-state index in [1.807, 2.05) is 45.0 Å². The van der Waals surface area contributed by atoms with Crippen LogP contribution in [0.2, 0.25) is 0 Å². The van der Waals surface area contributed by atoms with Gasteiger partial charge in [0, 0.05) is 16.8 Å². The molecule has 0 aliphatic rings. The fourth-order valence-electron chi connectivity index (χ4n) is 2.82. The SMILES string of the molecule is CCC(C)c1ccccc1OC(C)C(=O)Nc1ccc(C(=O)NC(C)(C)C)cc1. The molecule has 0 heterocycles. The van der Waals surface area contributed by atoms with Crippen molar-refractivity contribution in [3.05, 3.63) is 59.7 Å². The van der Waals surface area contributed by atoms with E-state index in [0.29, 0.717) is 17.2 Å². The first-order valence-electron chi connectivity index (χ1n) is 10.1. The Bertz CT molecular complexity index is 838. The van der Waals surface area contributed by atoms with Gasteiger partial charge in [0.25, 0.3) is 11.8 Å². The van der Waals surface area contributed by atoms with Crippen LogP contribution < -0.4 is 15.4 Å². The zero-order valence-corrected chi connectivity index (χ0v) is 18.2. The molecule has 2 atom stereocenters. The van der Waals surface area contributed by atoms with Crippen LogP contribution in [-0.4, -0.2) is 23.5 Å². The van der Waals surface area contributed by atoms with E-state index >= 15 is 0 Å². The van der Waals surface area contributed by atoms with Gasteiger partial charge in [0.05, 0.1) is 0 Å². The Hall–Kier alpha value is -2.82. The van der Waals surface area contributed by atoms with Crippen LogP contribution in [0, 0.1) is 0 Å². The molecule has 2 amide bonds. The minimum absolute atomic E-state index is 0.145. The zero-order valence-electron chi connectivity index (χ0n) is 18.2. The Morgan fingerprint density at radius 1 is 1.00 bits per heavy atom. The smallest absolute Gasteiger partial charge is 0.265 e. The number of rotatable bonds is 7. The second-order valence-corrected chi connectivity index (χ2v) is 8.38. The predicted octanol–water partition coefficient (Wildman–Crippen LogP) is 5.13. The number of hydrogen-bond acceptors (Lipinski definition) is 3. The Morgan fingerprint density at radius 3 is 2.21 bits per heavy atom. The van der Waals surface area contributed by atoms with Gasteiger partial charge in [-0.25, -0.2) is 0 Å². The number of carbonyl (C=O) groups excluding carboxylic acids is 2. The van der Waals surface area contributed by atoms with Gasteiger partial charge in [-0.1, -0.05) is 32.0 Å². The predicted molar refractivity (Wildman–Crippen MR) is 118 cm³/mol. The molecule has 0 saturated heterocycles. The summed E-state index contributed by atoms with van der Waals surface area (Å²) in [5.74, 6) is 0.705. The zero-order chi connectivity index (χ0) is 21.6. The maximum Gasteiger partial charge on any atom is 0.265 e. The van der Waals surface area contributed by atoms with Gasteiger partial charge in [-0.05, 0) is 75.9 Å². The van der Waals surface area contributed by atoms with Gasteiger partial charge in [-0.2, -0.15) is 0 Å². The standard InChI is InChI=1S/C24H32N2O3/c1-7-16(2)20-10-8-9-11-21(20)29-17(3)22(27)25-19-14-12-18(13-15-19)23(28)26-24(4,5)6/h8-17H,7H2,1-6H3,(H,25,27)(H,26,28). The first-order valence-corrected chi connectivity index (χ1v) is 10.1. The average Bonchev–Trinajstić information content (AvgIpc) is 2.67. The summed E-state index contributed by atoms with van der Waals surface area (Å²) >= 11 is 0. The highest BCUT2D eigenvalue weighted by Gasteiger charge is 2.19. The molecule has 2 unspecified atom stereocenters. The Kier molecular flexibility index (Phi) is 7.43. The lowest BCUT2D eigenvalue weighted by atomic mass is 9.98. The molecular formula is C24H32N2O3. The maximum absolute atomic E-state index is 12.6. The minimum atomic E-state index is -0.649. The Balaban J connectivity index is 2.01. The van der Waals surface area contributed by atoms with Crippen LogP contribution in [0.1, 0.15) is 69.8 Å². The monoisotopic (exact) mass is 396 g/mol. The largest absolute Gasteiger partial charge is 0.481 e. The first-order chi connectivity index (χ1) is 13.6.